The van der Waals surface area contributed by atoms with Gasteiger partial charge in [-0.2, -0.15) is 0 Å². The topological polar surface area (TPSA) is 13.1 Å². The van der Waals surface area contributed by atoms with E-state index in [4.69, 9.17) is 4.42 Å². The Labute approximate surface area is 354 Å². The molecule has 0 aliphatic rings. The van der Waals surface area contributed by atoms with Crippen LogP contribution in [0.2, 0.25) is 0 Å². The van der Waals surface area contributed by atoms with Crippen molar-refractivity contribution in [2.24, 2.45) is 0 Å². The van der Waals surface area contributed by atoms with Crippen molar-refractivity contribution in [3.63, 3.8) is 0 Å². The molecule has 0 amide bonds. The largest absolute Gasteiger partial charge is 0.456 e. The Morgan fingerprint density at radius 1 is 0.230 bits per heavy atom. The molecular weight excluding hydrogens is 737 g/mol. The van der Waals surface area contributed by atoms with Gasteiger partial charge < -0.3 is 4.42 Å². The lowest BCUT2D eigenvalue weighted by atomic mass is 9.85. The Balaban J connectivity index is 1.11. The zero-order chi connectivity index (χ0) is 40.3. The van der Waals surface area contributed by atoms with Crippen LogP contribution < -0.4 is 0 Å². The maximum Gasteiger partial charge on any atom is 0.136 e. The van der Waals surface area contributed by atoms with E-state index in [1.54, 1.807) is 0 Å². The Morgan fingerprint density at radius 3 is 1.36 bits per heavy atom. The molecule has 1 nitrogen and oxygen atoms in total. The van der Waals surface area contributed by atoms with Gasteiger partial charge in [0.1, 0.15) is 11.2 Å². The minimum atomic E-state index is 0.874. The predicted molar refractivity (Wildman–Crippen MR) is 259 cm³/mol. The Bertz CT molecular complexity index is 3560. The second-order valence-corrected chi connectivity index (χ2v) is 15.9. The van der Waals surface area contributed by atoms with Gasteiger partial charge in [0.15, 0.2) is 0 Å². The summed E-state index contributed by atoms with van der Waals surface area (Å²) < 4.78 is 6.75. The molecule has 0 aliphatic heterocycles. The first-order valence-electron chi connectivity index (χ1n) is 21.0. The number of hydrogen-bond acceptors (Lipinski definition) is 1. The monoisotopic (exact) mass is 774 g/mol. The van der Waals surface area contributed by atoms with Crippen molar-refractivity contribution in [2.75, 3.05) is 0 Å². The lowest BCUT2D eigenvalue weighted by molar-refractivity contribution is 0.669. The highest BCUT2D eigenvalue weighted by Crippen LogP contribution is 2.48. The SMILES string of the molecule is c1ccc(-c2cc(-c3ccc4oc5ccc(-c6c7ccccc7c(-c7ccccc7)c7ccccc67)cc5c4c3-c3ccccc3)ccc2-c2ccc3ccccc3c2)cc1. The second kappa shape index (κ2) is 14.4. The van der Waals surface area contributed by atoms with E-state index in [9.17, 15) is 0 Å². The van der Waals surface area contributed by atoms with Crippen LogP contribution in [0.15, 0.2) is 235 Å². The standard InChI is InChI=1S/C60H38O/c1-4-17-40(18-5-1)53-37-45(30-32-47(53)44-29-28-39-16-10-11-23-43(39)36-44)48-33-35-56-60(59(48)42-21-8-3-9-22-42)54-38-46(31-34-55(54)61-56)58-51-26-14-12-24-49(51)57(41-19-6-2-7-20-41)50-25-13-15-27-52(50)58/h1-38H. The zero-order valence-electron chi connectivity index (χ0n) is 33.3. The van der Waals surface area contributed by atoms with Crippen molar-refractivity contribution >= 4 is 54.3 Å². The van der Waals surface area contributed by atoms with E-state index < -0.39 is 0 Å². The fraction of sp³-hybridized carbons (Fsp3) is 0. The van der Waals surface area contributed by atoms with Crippen molar-refractivity contribution in [1.82, 2.24) is 0 Å². The molecule has 284 valence electrons. The molecule has 0 saturated carbocycles. The molecule has 12 aromatic rings. The lowest BCUT2D eigenvalue weighted by Gasteiger charge is -2.18. The summed E-state index contributed by atoms with van der Waals surface area (Å²) in [6.07, 6.45) is 0. The highest BCUT2D eigenvalue weighted by Gasteiger charge is 2.22. The summed E-state index contributed by atoms with van der Waals surface area (Å²) in [5.41, 5.74) is 16.1. The maximum atomic E-state index is 6.75. The van der Waals surface area contributed by atoms with Crippen molar-refractivity contribution in [2.45, 2.75) is 0 Å². The molecule has 61 heavy (non-hydrogen) atoms. The van der Waals surface area contributed by atoms with Crippen LogP contribution >= 0.6 is 0 Å². The van der Waals surface area contributed by atoms with Gasteiger partial charge in [0.2, 0.25) is 0 Å². The van der Waals surface area contributed by atoms with Gasteiger partial charge in [-0.1, -0.05) is 200 Å². The van der Waals surface area contributed by atoms with Crippen LogP contribution in [-0.2, 0) is 0 Å². The molecule has 0 fully saturated rings. The van der Waals surface area contributed by atoms with Gasteiger partial charge in [0.25, 0.3) is 0 Å². The number of rotatable bonds is 6. The minimum Gasteiger partial charge on any atom is -0.456 e. The fourth-order valence-corrected chi connectivity index (χ4v) is 9.70. The van der Waals surface area contributed by atoms with E-state index >= 15 is 0 Å². The summed E-state index contributed by atoms with van der Waals surface area (Å²) in [6, 6.07) is 83.7. The van der Waals surface area contributed by atoms with E-state index in [0.29, 0.717) is 0 Å². The van der Waals surface area contributed by atoms with Crippen LogP contribution in [0.5, 0.6) is 0 Å². The van der Waals surface area contributed by atoms with Crippen LogP contribution in [0.25, 0.3) is 121 Å². The third-order valence-corrected chi connectivity index (χ3v) is 12.5. The van der Waals surface area contributed by atoms with Crippen molar-refractivity contribution in [3.05, 3.63) is 231 Å². The van der Waals surface area contributed by atoms with Gasteiger partial charge >= 0.3 is 0 Å². The van der Waals surface area contributed by atoms with Crippen LogP contribution in [-0.4, -0.2) is 0 Å². The first kappa shape index (κ1) is 35.0. The van der Waals surface area contributed by atoms with Crippen molar-refractivity contribution in [3.8, 4) is 66.8 Å². The molecule has 12 rings (SSSR count). The van der Waals surface area contributed by atoms with Gasteiger partial charge in [-0.05, 0) is 124 Å². The molecule has 0 aliphatic carbocycles. The first-order chi connectivity index (χ1) is 30.3. The Morgan fingerprint density at radius 2 is 0.705 bits per heavy atom. The normalized spacial score (nSPS) is 11.6. The molecule has 1 heteroatoms. The molecule has 0 bridgehead atoms. The number of hydrogen-bond donors (Lipinski definition) is 0. The third kappa shape index (κ3) is 5.86. The van der Waals surface area contributed by atoms with Crippen LogP contribution in [0.4, 0.5) is 0 Å². The molecule has 0 radical (unpaired) electrons. The molecule has 0 saturated heterocycles. The van der Waals surface area contributed by atoms with Gasteiger partial charge in [0.05, 0.1) is 0 Å². The molecule has 0 atom stereocenters. The number of benzene rings is 11. The van der Waals surface area contributed by atoms with E-state index in [1.165, 1.54) is 76.8 Å². The summed E-state index contributed by atoms with van der Waals surface area (Å²) in [5, 5.41) is 9.65. The summed E-state index contributed by atoms with van der Waals surface area (Å²) in [5.74, 6) is 0. The van der Waals surface area contributed by atoms with Crippen LogP contribution in [0, 0.1) is 0 Å². The predicted octanol–water partition coefficient (Wildman–Crippen LogP) is 17.0. The third-order valence-electron chi connectivity index (χ3n) is 12.5. The zero-order valence-corrected chi connectivity index (χ0v) is 33.3. The van der Waals surface area contributed by atoms with Crippen molar-refractivity contribution in [1.29, 1.82) is 0 Å². The quantitative estimate of drug-likeness (QED) is 0.153. The molecule has 1 heterocycles. The van der Waals surface area contributed by atoms with E-state index in [0.717, 1.165) is 44.2 Å². The smallest absolute Gasteiger partial charge is 0.136 e. The summed E-state index contributed by atoms with van der Waals surface area (Å²) >= 11 is 0. The number of fused-ring (bicyclic) bond motifs is 6. The Hall–Kier alpha value is -8.00. The Kier molecular flexibility index (Phi) is 8.25. The molecule has 11 aromatic carbocycles. The molecule has 0 unspecified atom stereocenters. The summed E-state index contributed by atoms with van der Waals surface area (Å²) in [6.45, 7) is 0. The van der Waals surface area contributed by atoms with E-state index in [2.05, 4.69) is 231 Å². The highest BCUT2D eigenvalue weighted by atomic mass is 16.3. The van der Waals surface area contributed by atoms with Gasteiger partial charge in [-0.25, -0.2) is 0 Å². The van der Waals surface area contributed by atoms with E-state index in [-0.39, 0.29) is 0 Å². The van der Waals surface area contributed by atoms with E-state index in [1.807, 2.05) is 0 Å². The average Bonchev–Trinajstić information content (AvgIpc) is 3.71. The highest BCUT2D eigenvalue weighted by molar-refractivity contribution is 6.23. The fourth-order valence-electron chi connectivity index (χ4n) is 9.70. The number of furan rings is 1. The molecular formula is C60H38O. The van der Waals surface area contributed by atoms with Gasteiger partial charge in [-0.3, -0.25) is 0 Å². The second-order valence-electron chi connectivity index (χ2n) is 15.9. The lowest BCUT2D eigenvalue weighted by Crippen LogP contribution is -1.91. The van der Waals surface area contributed by atoms with Crippen LogP contribution in [0.3, 0.4) is 0 Å². The summed E-state index contributed by atoms with van der Waals surface area (Å²) in [7, 11) is 0. The average molecular weight is 775 g/mol. The summed E-state index contributed by atoms with van der Waals surface area (Å²) in [4.78, 5) is 0. The first-order valence-corrected chi connectivity index (χ1v) is 21.0. The maximum absolute atomic E-state index is 6.75. The molecule has 1 aromatic heterocycles. The minimum absolute atomic E-state index is 0.874. The molecule has 0 spiro atoms. The van der Waals surface area contributed by atoms with Gasteiger partial charge in [0, 0.05) is 16.3 Å². The van der Waals surface area contributed by atoms with Gasteiger partial charge in [-0.15, -0.1) is 0 Å². The van der Waals surface area contributed by atoms with Crippen LogP contribution in [0.1, 0.15) is 0 Å². The molecule has 0 N–H and O–H groups in total. The van der Waals surface area contributed by atoms with Crippen molar-refractivity contribution < 1.29 is 4.42 Å².